The van der Waals surface area contributed by atoms with Gasteiger partial charge in [-0.15, -0.1) is 0 Å². The van der Waals surface area contributed by atoms with E-state index in [2.05, 4.69) is 9.98 Å². The summed E-state index contributed by atoms with van der Waals surface area (Å²) < 4.78 is 38.7. The average molecular weight is 315 g/mol. The Kier molecular flexibility index (Phi) is 3.09. The van der Waals surface area contributed by atoms with Crippen LogP contribution in [0.25, 0.3) is 0 Å². The number of alkyl halides is 3. The summed E-state index contributed by atoms with van der Waals surface area (Å²) in [6, 6.07) is 3.73. The predicted molar refractivity (Wildman–Crippen MR) is 68.0 cm³/mol. The first-order valence-electron chi connectivity index (χ1n) is 5.90. The second kappa shape index (κ2) is 4.70. The van der Waals surface area contributed by atoms with Gasteiger partial charge in [0.25, 0.3) is 0 Å². The molecule has 108 valence electrons. The van der Waals surface area contributed by atoms with Gasteiger partial charge in [0.05, 0.1) is 17.1 Å². The molecular formula is C13H8ClF3N3O+. The van der Waals surface area contributed by atoms with E-state index in [-0.39, 0.29) is 17.1 Å². The maximum atomic E-state index is 12.6. The van der Waals surface area contributed by atoms with Crippen molar-refractivity contribution in [1.82, 2.24) is 4.98 Å². The summed E-state index contributed by atoms with van der Waals surface area (Å²) in [4.78, 5) is 7.86. The molecule has 0 bridgehead atoms. The van der Waals surface area contributed by atoms with Gasteiger partial charge in [0.1, 0.15) is 10.7 Å². The largest absolute Gasteiger partial charge is 0.433 e. The molecular weight excluding hydrogens is 307 g/mol. The lowest BCUT2D eigenvalue weighted by atomic mass is 10.1. The van der Waals surface area contributed by atoms with Crippen molar-refractivity contribution in [3.05, 3.63) is 52.6 Å². The van der Waals surface area contributed by atoms with Gasteiger partial charge in [-0.25, -0.2) is 4.98 Å². The number of nitrogens with zero attached hydrogens (tertiary/aromatic N) is 3. The molecule has 0 radical (unpaired) electrons. The second-order valence-electron chi connectivity index (χ2n) is 4.48. The number of halogens is 4. The Morgan fingerprint density at radius 1 is 1.24 bits per heavy atom. The van der Waals surface area contributed by atoms with Crippen molar-refractivity contribution in [2.75, 3.05) is 0 Å². The molecule has 3 heterocycles. The average Bonchev–Trinajstić information content (AvgIpc) is 2.79. The Hall–Kier alpha value is -2.15. The van der Waals surface area contributed by atoms with Crippen LogP contribution in [-0.2, 0) is 12.6 Å². The standard InChI is InChI=1S/C13H8ClF3N3O/c14-8-6-20(21)4-3-7(8)10-5-11-9(18-10)1-2-12(19-11)13(15,16)17/h1-4,6,21H,5H2/q+1. The van der Waals surface area contributed by atoms with Gasteiger partial charge in [-0.05, 0) is 12.1 Å². The normalized spacial score (nSPS) is 14.0. The fourth-order valence-corrected chi connectivity index (χ4v) is 2.35. The smallest absolute Gasteiger partial charge is 0.285 e. The summed E-state index contributed by atoms with van der Waals surface area (Å²) in [7, 11) is 0. The van der Waals surface area contributed by atoms with Gasteiger partial charge in [-0.1, -0.05) is 11.6 Å². The number of fused-ring (bicyclic) bond motifs is 1. The zero-order chi connectivity index (χ0) is 15.2. The van der Waals surface area contributed by atoms with Gasteiger partial charge < -0.3 is 0 Å². The van der Waals surface area contributed by atoms with E-state index in [1.54, 1.807) is 0 Å². The molecule has 0 aromatic carbocycles. The van der Waals surface area contributed by atoms with Crippen molar-refractivity contribution in [3.63, 3.8) is 0 Å². The minimum atomic E-state index is -4.48. The van der Waals surface area contributed by atoms with Crippen LogP contribution in [0.15, 0.2) is 35.6 Å². The lowest BCUT2D eigenvalue weighted by Gasteiger charge is -2.06. The molecule has 1 aliphatic heterocycles. The lowest BCUT2D eigenvalue weighted by Crippen LogP contribution is -2.29. The van der Waals surface area contributed by atoms with Gasteiger partial charge in [0, 0.05) is 22.8 Å². The van der Waals surface area contributed by atoms with Crippen LogP contribution in [0.5, 0.6) is 0 Å². The summed E-state index contributed by atoms with van der Waals surface area (Å²) in [6.45, 7) is 0. The highest BCUT2D eigenvalue weighted by molar-refractivity contribution is 6.34. The number of pyridine rings is 2. The molecule has 0 spiro atoms. The van der Waals surface area contributed by atoms with Gasteiger partial charge in [0.2, 0.25) is 12.4 Å². The van der Waals surface area contributed by atoms with Crippen LogP contribution in [-0.4, -0.2) is 15.9 Å². The highest BCUT2D eigenvalue weighted by Crippen LogP contribution is 2.34. The highest BCUT2D eigenvalue weighted by atomic mass is 35.5. The third kappa shape index (κ3) is 2.56. The van der Waals surface area contributed by atoms with Gasteiger partial charge in [-0.3, -0.25) is 10.2 Å². The van der Waals surface area contributed by atoms with Gasteiger partial charge in [-0.2, -0.15) is 13.2 Å². The zero-order valence-electron chi connectivity index (χ0n) is 10.4. The lowest BCUT2D eigenvalue weighted by molar-refractivity contribution is -0.904. The van der Waals surface area contributed by atoms with E-state index in [1.165, 1.54) is 24.5 Å². The second-order valence-corrected chi connectivity index (χ2v) is 4.89. The maximum absolute atomic E-state index is 12.6. The van der Waals surface area contributed by atoms with Gasteiger partial charge in [0.15, 0.2) is 0 Å². The number of aromatic nitrogens is 2. The number of aliphatic imine (C=N–C) groups is 1. The van der Waals surface area contributed by atoms with Crippen molar-refractivity contribution >= 4 is 23.0 Å². The molecule has 1 aliphatic rings. The molecule has 0 fully saturated rings. The van der Waals surface area contributed by atoms with Crippen LogP contribution < -0.4 is 4.73 Å². The van der Waals surface area contributed by atoms with Crippen LogP contribution in [0.2, 0.25) is 5.02 Å². The Bertz CT molecular complexity index is 759. The Balaban J connectivity index is 1.96. The summed E-state index contributed by atoms with van der Waals surface area (Å²) >= 11 is 5.99. The monoisotopic (exact) mass is 314 g/mol. The number of hydrogen-bond donors (Lipinski definition) is 1. The first-order valence-corrected chi connectivity index (χ1v) is 6.27. The fourth-order valence-electron chi connectivity index (χ4n) is 2.08. The van der Waals surface area contributed by atoms with Crippen molar-refractivity contribution in [2.45, 2.75) is 12.6 Å². The summed E-state index contributed by atoms with van der Waals surface area (Å²) in [5.41, 5.74) is 0.785. The number of rotatable bonds is 1. The van der Waals surface area contributed by atoms with Crippen LogP contribution in [0, 0.1) is 0 Å². The molecule has 2 aromatic rings. The third-order valence-electron chi connectivity index (χ3n) is 3.04. The van der Waals surface area contributed by atoms with Crippen LogP contribution in [0.1, 0.15) is 17.0 Å². The zero-order valence-corrected chi connectivity index (χ0v) is 11.2. The van der Waals surface area contributed by atoms with E-state index in [1.807, 2.05) is 0 Å². The molecule has 1 N–H and O–H groups in total. The summed E-state index contributed by atoms with van der Waals surface area (Å²) in [5, 5.41) is 9.49. The molecule has 2 aromatic heterocycles. The molecule has 0 unspecified atom stereocenters. The first-order chi connectivity index (χ1) is 9.84. The maximum Gasteiger partial charge on any atom is 0.433 e. The summed E-state index contributed by atoms with van der Waals surface area (Å²) in [6.07, 6.45) is -1.68. The minimum absolute atomic E-state index is 0.161. The summed E-state index contributed by atoms with van der Waals surface area (Å²) in [5.74, 6) is 0. The molecule has 8 heteroatoms. The van der Waals surface area contributed by atoms with E-state index >= 15 is 0 Å². The molecule has 0 atom stereocenters. The quantitative estimate of drug-likeness (QED) is 0.650. The molecule has 0 saturated carbocycles. The van der Waals surface area contributed by atoms with Crippen LogP contribution in [0.4, 0.5) is 18.9 Å². The first kappa shape index (κ1) is 13.8. The molecule has 0 saturated heterocycles. The van der Waals surface area contributed by atoms with Gasteiger partial charge >= 0.3 is 6.18 Å². The molecule has 4 nitrogen and oxygen atoms in total. The minimum Gasteiger partial charge on any atom is -0.285 e. The van der Waals surface area contributed by atoms with Crippen molar-refractivity contribution in [3.8, 4) is 0 Å². The third-order valence-corrected chi connectivity index (χ3v) is 3.34. The SMILES string of the molecule is O[n+]1ccc(C2=Nc3ccc(C(F)(F)F)nc3C2)c(Cl)c1. The van der Waals surface area contributed by atoms with Crippen molar-refractivity contribution in [2.24, 2.45) is 4.99 Å². The Labute approximate surface area is 122 Å². The Morgan fingerprint density at radius 3 is 2.67 bits per heavy atom. The Morgan fingerprint density at radius 2 is 2.00 bits per heavy atom. The van der Waals surface area contributed by atoms with Crippen molar-refractivity contribution < 1.29 is 23.1 Å². The highest BCUT2D eigenvalue weighted by Gasteiger charge is 2.34. The van der Waals surface area contributed by atoms with Crippen LogP contribution in [0.3, 0.4) is 0 Å². The fraction of sp³-hybridized carbons (Fsp3) is 0.154. The van der Waals surface area contributed by atoms with Crippen LogP contribution >= 0.6 is 11.6 Å². The molecule has 0 aliphatic carbocycles. The molecule has 0 amide bonds. The van der Waals surface area contributed by atoms with E-state index in [4.69, 9.17) is 11.6 Å². The van der Waals surface area contributed by atoms with E-state index in [0.29, 0.717) is 17.0 Å². The molecule has 3 rings (SSSR count). The molecule has 21 heavy (non-hydrogen) atoms. The van der Waals surface area contributed by atoms with Crippen molar-refractivity contribution in [1.29, 1.82) is 0 Å². The number of hydrogen-bond acceptors (Lipinski definition) is 3. The topological polar surface area (TPSA) is 49.4 Å². The predicted octanol–water partition coefficient (Wildman–Crippen LogP) is 2.96. The van der Waals surface area contributed by atoms with E-state index in [0.717, 1.165) is 10.8 Å². The van der Waals surface area contributed by atoms with E-state index < -0.39 is 11.9 Å². The van der Waals surface area contributed by atoms with E-state index in [9.17, 15) is 18.4 Å².